The molecule has 2 aromatic rings. The topological polar surface area (TPSA) is 73.9 Å². The van der Waals surface area contributed by atoms with E-state index >= 15 is 0 Å². The van der Waals surface area contributed by atoms with Crippen LogP contribution in [0.3, 0.4) is 0 Å². The van der Waals surface area contributed by atoms with Gasteiger partial charge in [0.15, 0.2) is 6.61 Å². The van der Waals surface area contributed by atoms with Crippen molar-refractivity contribution in [3.63, 3.8) is 0 Å². The Bertz CT molecular complexity index is 969. The van der Waals surface area contributed by atoms with E-state index in [1.807, 2.05) is 25.2 Å². The number of benzene rings is 2. The lowest BCUT2D eigenvalue weighted by Crippen LogP contribution is -2.21. The van der Waals surface area contributed by atoms with Gasteiger partial charge in [0.05, 0.1) is 6.61 Å². The Morgan fingerprint density at radius 2 is 2.00 bits per heavy atom. The van der Waals surface area contributed by atoms with Gasteiger partial charge < -0.3 is 19.5 Å². The maximum atomic E-state index is 13.5. The molecule has 8 heteroatoms. The molecule has 6 nitrogen and oxygen atoms in total. The standard InChI is InChI=1S/C22H21F2NO5/c1-3-28-18-11-15-9-13(2)30-19(15)10-14(18)7-8-21(27)29-12-20(26)25-22-16(23)5-4-6-17(22)24/h4-8,10-11,13H,3,9,12H2,1-2H3,(H,25,26)/b8-7+/t13-/m1/s1. The van der Waals surface area contributed by atoms with Gasteiger partial charge in [-0.2, -0.15) is 0 Å². The Hall–Kier alpha value is -3.42. The average Bonchev–Trinajstić information content (AvgIpc) is 3.06. The Morgan fingerprint density at radius 3 is 2.70 bits per heavy atom. The van der Waals surface area contributed by atoms with Crippen molar-refractivity contribution in [2.75, 3.05) is 18.5 Å². The van der Waals surface area contributed by atoms with E-state index in [0.29, 0.717) is 17.9 Å². The molecule has 0 aromatic heterocycles. The SMILES string of the molecule is CCOc1cc2c(cc1/C=C/C(=O)OCC(=O)Nc1c(F)cccc1F)O[C@H](C)C2. The molecule has 0 radical (unpaired) electrons. The number of carbonyl (C=O) groups excluding carboxylic acids is 2. The van der Waals surface area contributed by atoms with Gasteiger partial charge in [0.2, 0.25) is 0 Å². The fourth-order valence-corrected chi connectivity index (χ4v) is 3.00. The third-order valence-corrected chi connectivity index (χ3v) is 4.30. The van der Waals surface area contributed by atoms with Crippen molar-refractivity contribution in [2.24, 2.45) is 0 Å². The van der Waals surface area contributed by atoms with Crippen LogP contribution in [0.4, 0.5) is 14.5 Å². The number of esters is 1. The lowest BCUT2D eigenvalue weighted by molar-refractivity contribution is -0.142. The van der Waals surface area contributed by atoms with Gasteiger partial charge >= 0.3 is 5.97 Å². The molecule has 0 saturated heterocycles. The van der Waals surface area contributed by atoms with E-state index in [4.69, 9.17) is 14.2 Å². The maximum absolute atomic E-state index is 13.5. The molecule has 0 bridgehead atoms. The summed E-state index contributed by atoms with van der Waals surface area (Å²) in [6, 6.07) is 6.84. The van der Waals surface area contributed by atoms with E-state index in [0.717, 1.165) is 35.9 Å². The Balaban J connectivity index is 1.61. The predicted octanol–water partition coefficient (Wildman–Crippen LogP) is 3.88. The second-order valence-electron chi connectivity index (χ2n) is 6.65. The summed E-state index contributed by atoms with van der Waals surface area (Å²) >= 11 is 0. The molecular formula is C22H21F2NO5. The fraction of sp³-hybridized carbons (Fsp3) is 0.273. The molecule has 0 spiro atoms. The van der Waals surface area contributed by atoms with Gasteiger partial charge in [0, 0.05) is 23.6 Å². The second kappa shape index (κ2) is 9.39. The number of rotatable bonds is 7. The van der Waals surface area contributed by atoms with Crippen molar-refractivity contribution in [2.45, 2.75) is 26.4 Å². The summed E-state index contributed by atoms with van der Waals surface area (Å²) in [5.41, 5.74) is 1.06. The third kappa shape index (κ3) is 5.14. The lowest BCUT2D eigenvalue weighted by Gasteiger charge is -2.10. The van der Waals surface area contributed by atoms with E-state index in [1.54, 1.807) is 6.07 Å². The predicted molar refractivity (Wildman–Crippen MR) is 106 cm³/mol. The molecule has 1 amide bonds. The summed E-state index contributed by atoms with van der Waals surface area (Å²) in [5.74, 6) is -2.18. The molecule has 2 aromatic carbocycles. The zero-order valence-electron chi connectivity index (χ0n) is 16.5. The molecular weight excluding hydrogens is 396 g/mol. The number of halogens is 2. The van der Waals surface area contributed by atoms with Crippen LogP contribution >= 0.6 is 0 Å². The second-order valence-corrected chi connectivity index (χ2v) is 6.65. The van der Waals surface area contributed by atoms with Crippen molar-refractivity contribution in [1.29, 1.82) is 0 Å². The van der Waals surface area contributed by atoms with E-state index in [-0.39, 0.29) is 6.10 Å². The summed E-state index contributed by atoms with van der Waals surface area (Å²) in [6.07, 6.45) is 3.48. The minimum Gasteiger partial charge on any atom is -0.493 e. The average molecular weight is 417 g/mol. The van der Waals surface area contributed by atoms with Crippen molar-refractivity contribution < 1.29 is 32.6 Å². The lowest BCUT2D eigenvalue weighted by atomic mass is 10.1. The van der Waals surface area contributed by atoms with Crippen LogP contribution in [0.15, 0.2) is 36.4 Å². The number of hydrogen-bond acceptors (Lipinski definition) is 5. The van der Waals surface area contributed by atoms with Gasteiger partial charge in [0.1, 0.15) is 34.9 Å². The van der Waals surface area contributed by atoms with Crippen molar-refractivity contribution in [3.8, 4) is 11.5 Å². The van der Waals surface area contributed by atoms with Gasteiger partial charge in [0.25, 0.3) is 5.91 Å². The molecule has 1 aliphatic rings. The molecule has 1 heterocycles. The highest BCUT2D eigenvalue weighted by atomic mass is 19.1. The van der Waals surface area contributed by atoms with E-state index in [2.05, 4.69) is 0 Å². The monoisotopic (exact) mass is 417 g/mol. The first-order chi connectivity index (χ1) is 14.4. The summed E-state index contributed by atoms with van der Waals surface area (Å²) in [5, 5.41) is 2.04. The molecule has 1 N–H and O–H groups in total. The van der Waals surface area contributed by atoms with Crippen LogP contribution in [0.1, 0.15) is 25.0 Å². The van der Waals surface area contributed by atoms with Crippen molar-refractivity contribution in [1.82, 2.24) is 0 Å². The van der Waals surface area contributed by atoms with Gasteiger partial charge in [-0.3, -0.25) is 4.79 Å². The first-order valence-corrected chi connectivity index (χ1v) is 9.42. The van der Waals surface area contributed by atoms with Crippen LogP contribution in [0, 0.1) is 11.6 Å². The van der Waals surface area contributed by atoms with Crippen LogP contribution < -0.4 is 14.8 Å². The number of anilines is 1. The van der Waals surface area contributed by atoms with E-state index in [1.165, 1.54) is 12.1 Å². The van der Waals surface area contributed by atoms with Crippen LogP contribution in [-0.4, -0.2) is 31.2 Å². The van der Waals surface area contributed by atoms with Crippen LogP contribution in [0.5, 0.6) is 11.5 Å². The highest BCUT2D eigenvalue weighted by Gasteiger charge is 2.21. The number of hydrogen-bond donors (Lipinski definition) is 1. The minimum atomic E-state index is -0.925. The zero-order chi connectivity index (χ0) is 21.7. The molecule has 158 valence electrons. The molecule has 1 atom stereocenters. The number of fused-ring (bicyclic) bond motifs is 1. The first kappa shape index (κ1) is 21.3. The highest BCUT2D eigenvalue weighted by Crippen LogP contribution is 2.35. The quantitative estimate of drug-likeness (QED) is 0.547. The smallest absolute Gasteiger partial charge is 0.331 e. The number of nitrogens with one attached hydrogen (secondary N) is 1. The fourth-order valence-electron chi connectivity index (χ4n) is 3.00. The van der Waals surface area contributed by atoms with Crippen LogP contribution in [0.2, 0.25) is 0 Å². The van der Waals surface area contributed by atoms with Gasteiger partial charge in [-0.15, -0.1) is 0 Å². The summed E-state index contributed by atoms with van der Waals surface area (Å²) in [7, 11) is 0. The molecule has 3 rings (SSSR count). The molecule has 1 aliphatic heterocycles. The Labute approximate surface area is 172 Å². The van der Waals surface area contributed by atoms with Gasteiger partial charge in [-0.05, 0) is 44.2 Å². The number of carbonyl (C=O) groups is 2. The normalized spacial score (nSPS) is 14.9. The summed E-state index contributed by atoms with van der Waals surface area (Å²) in [6.45, 7) is 3.57. The number of para-hydroxylation sites is 1. The highest BCUT2D eigenvalue weighted by molar-refractivity contribution is 5.95. The van der Waals surface area contributed by atoms with Crippen LogP contribution in [0.25, 0.3) is 6.08 Å². The van der Waals surface area contributed by atoms with Gasteiger partial charge in [-0.1, -0.05) is 6.07 Å². The number of ether oxygens (including phenoxy) is 3. The first-order valence-electron chi connectivity index (χ1n) is 9.42. The van der Waals surface area contributed by atoms with Gasteiger partial charge in [-0.25, -0.2) is 13.6 Å². The summed E-state index contributed by atoms with van der Waals surface area (Å²) in [4.78, 5) is 23.8. The Morgan fingerprint density at radius 1 is 1.27 bits per heavy atom. The number of amides is 1. The van der Waals surface area contributed by atoms with E-state index < -0.39 is 35.8 Å². The largest absolute Gasteiger partial charge is 0.493 e. The van der Waals surface area contributed by atoms with Crippen molar-refractivity contribution >= 4 is 23.6 Å². The zero-order valence-corrected chi connectivity index (χ0v) is 16.5. The van der Waals surface area contributed by atoms with Crippen molar-refractivity contribution in [3.05, 3.63) is 59.2 Å². The van der Waals surface area contributed by atoms with E-state index in [9.17, 15) is 18.4 Å². The maximum Gasteiger partial charge on any atom is 0.331 e. The molecule has 30 heavy (non-hydrogen) atoms. The molecule has 0 saturated carbocycles. The molecule has 0 aliphatic carbocycles. The summed E-state index contributed by atoms with van der Waals surface area (Å²) < 4.78 is 43.3. The Kier molecular flexibility index (Phi) is 6.66. The molecule has 0 fully saturated rings. The minimum absolute atomic E-state index is 0.0662. The van der Waals surface area contributed by atoms with Crippen LogP contribution in [-0.2, 0) is 20.7 Å². The molecule has 0 unspecified atom stereocenters. The third-order valence-electron chi connectivity index (χ3n) is 4.30.